The van der Waals surface area contributed by atoms with Crippen LogP contribution < -0.4 is 5.32 Å². The highest BCUT2D eigenvalue weighted by Crippen LogP contribution is 2.15. The van der Waals surface area contributed by atoms with E-state index in [1.54, 1.807) is 0 Å². The van der Waals surface area contributed by atoms with Crippen molar-refractivity contribution in [2.24, 2.45) is 0 Å². The first-order valence-corrected chi connectivity index (χ1v) is 7.10. The number of carbonyl (C=O) groups is 1. The molecule has 0 spiro atoms. The summed E-state index contributed by atoms with van der Waals surface area (Å²) in [5.41, 5.74) is 2.15. The van der Waals surface area contributed by atoms with Crippen LogP contribution in [-0.4, -0.2) is 15.5 Å². The van der Waals surface area contributed by atoms with Gasteiger partial charge in [-0.15, -0.1) is 6.42 Å². The molecule has 0 radical (unpaired) electrons. The van der Waals surface area contributed by atoms with Crippen LogP contribution in [0.25, 0.3) is 11.0 Å². The minimum absolute atomic E-state index is 0.243. The SMILES string of the molecule is C#CCn1c(CNC(=O)c2ccc(F)cc2)nc2ccccc21. The highest BCUT2D eigenvalue weighted by atomic mass is 19.1. The van der Waals surface area contributed by atoms with Gasteiger partial charge in [-0.2, -0.15) is 0 Å². The van der Waals surface area contributed by atoms with Crippen LogP contribution in [-0.2, 0) is 13.1 Å². The van der Waals surface area contributed by atoms with E-state index in [0.29, 0.717) is 17.9 Å². The molecular formula is C18H14FN3O. The van der Waals surface area contributed by atoms with Crippen LogP contribution in [0.15, 0.2) is 48.5 Å². The zero-order valence-corrected chi connectivity index (χ0v) is 12.3. The molecule has 1 amide bonds. The van der Waals surface area contributed by atoms with E-state index in [4.69, 9.17) is 6.42 Å². The standard InChI is InChI=1S/C18H14FN3O/c1-2-11-22-16-6-4-3-5-15(16)21-17(22)12-20-18(23)13-7-9-14(19)10-8-13/h1,3-10H,11-12H2,(H,20,23). The van der Waals surface area contributed by atoms with Gasteiger partial charge in [-0.05, 0) is 36.4 Å². The fraction of sp³-hybridized carbons (Fsp3) is 0.111. The molecule has 5 heteroatoms. The van der Waals surface area contributed by atoms with Crippen LogP contribution in [0.4, 0.5) is 4.39 Å². The highest BCUT2D eigenvalue weighted by molar-refractivity contribution is 5.94. The smallest absolute Gasteiger partial charge is 0.251 e. The number of halogens is 1. The Kier molecular flexibility index (Phi) is 4.07. The van der Waals surface area contributed by atoms with Crippen molar-refractivity contribution in [1.82, 2.24) is 14.9 Å². The van der Waals surface area contributed by atoms with Gasteiger partial charge >= 0.3 is 0 Å². The molecule has 0 aliphatic rings. The minimum atomic E-state index is -0.377. The summed E-state index contributed by atoms with van der Waals surface area (Å²) in [7, 11) is 0. The summed E-state index contributed by atoms with van der Waals surface area (Å²) in [5, 5.41) is 2.78. The third-order valence-electron chi connectivity index (χ3n) is 3.50. The molecule has 1 aromatic heterocycles. The monoisotopic (exact) mass is 307 g/mol. The van der Waals surface area contributed by atoms with Gasteiger partial charge in [0.1, 0.15) is 11.6 Å². The number of imidazole rings is 1. The third kappa shape index (κ3) is 3.06. The number of terminal acetylenes is 1. The number of para-hydroxylation sites is 2. The Morgan fingerprint density at radius 1 is 1.22 bits per heavy atom. The zero-order valence-electron chi connectivity index (χ0n) is 12.3. The van der Waals surface area contributed by atoms with Crippen molar-refractivity contribution in [3.8, 4) is 12.3 Å². The lowest BCUT2D eigenvalue weighted by Gasteiger charge is -2.07. The van der Waals surface area contributed by atoms with Crippen molar-refractivity contribution in [1.29, 1.82) is 0 Å². The highest BCUT2D eigenvalue weighted by Gasteiger charge is 2.11. The first-order chi connectivity index (χ1) is 11.2. The predicted molar refractivity (Wildman–Crippen MR) is 86.1 cm³/mol. The second-order valence-electron chi connectivity index (χ2n) is 5.00. The van der Waals surface area contributed by atoms with Crippen molar-refractivity contribution in [2.75, 3.05) is 0 Å². The van der Waals surface area contributed by atoms with E-state index in [2.05, 4.69) is 16.2 Å². The number of fused-ring (bicyclic) bond motifs is 1. The van der Waals surface area contributed by atoms with E-state index < -0.39 is 0 Å². The lowest BCUT2D eigenvalue weighted by atomic mass is 10.2. The van der Waals surface area contributed by atoms with E-state index in [0.717, 1.165) is 11.0 Å². The number of nitrogens with one attached hydrogen (secondary N) is 1. The van der Waals surface area contributed by atoms with Gasteiger partial charge in [0.05, 0.1) is 24.1 Å². The second kappa shape index (κ2) is 6.32. The maximum absolute atomic E-state index is 12.9. The molecule has 3 rings (SSSR count). The first kappa shape index (κ1) is 14.8. The Morgan fingerprint density at radius 3 is 2.70 bits per heavy atom. The molecule has 0 atom stereocenters. The molecule has 0 fully saturated rings. The molecule has 1 heterocycles. The van der Waals surface area contributed by atoms with Gasteiger partial charge < -0.3 is 9.88 Å². The lowest BCUT2D eigenvalue weighted by Crippen LogP contribution is -2.24. The van der Waals surface area contributed by atoms with E-state index >= 15 is 0 Å². The number of hydrogen-bond acceptors (Lipinski definition) is 2. The summed E-state index contributed by atoms with van der Waals surface area (Å²) in [5.74, 6) is 2.61. The normalized spacial score (nSPS) is 10.4. The Labute approximate surface area is 133 Å². The summed E-state index contributed by atoms with van der Waals surface area (Å²) in [6.07, 6.45) is 5.42. The number of amides is 1. The van der Waals surface area contributed by atoms with Crippen molar-refractivity contribution >= 4 is 16.9 Å². The average molecular weight is 307 g/mol. The molecule has 0 bridgehead atoms. The summed E-state index contributed by atoms with van der Waals surface area (Å²) < 4.78 is 14.8. The molecule has 4 nitrogen and oxygen atoms in total. The zero-order chi connectivity index (χ0) is 16.2. The number of hydrogen-bond donors (Lipinski definition) is 1. The molecule has 0 unspecified atom stereocenters. The van der Waals surface area contributed by atoms with Crippen LogP contribution in [0.3, 0.4) is 0 Å². The van der Waals surface area contributed by atoms with Crippen molar-refractivity contribution < 1.29 is 9.18 Å². The second-order valence-corrected chi connectivity index (χ2v) is 5.00. The van der Waals surface area contributed by atoms with Gasteiger partial charge in [-0.1, -0.05) is 18.1 Å². The first-order valence-electron chi connectivity index (χ1n) is 7.10. The fourth-order valence-electron chi connectivity index (χ4n) is 2.39. The predicted octanol–water partition coefficient (Wildman–Crippen LogP) is 2.74. The molecular weight excluding hydrogens is 293 g/mol. The molecule has 0 aliphatic carbocycles. The van der Waals surface area contributed by atoms with E-state index in [1.165, 1.54) is 24.3 Å². The number of benzene rings is 2. The van der Waals surface area contributed by atoms with Crippen molar-refractivity contribution in [3.63, 3.8) is 0 Å². The largest absolute Gasteiger partial charge is 0.345 e. The van der Waals surface area contributed by atoms with E-state index in [9.17, 15) is 9.18 Å². The third-order valence-corrected chi connectivity index (χ3v) is 3.50. The van der Waals surface area contributed by atoms with Crippen LogP contribution in [0, 0.1) is 18.2 Å². The average Bonchev–Trinajstić information content (AvgIpc) is 2.92. The molecule has 0 saturated carbocycles. The molecule has 2 aromatic carbocycles. The Balaban J connectivity index is 1.81. The van der Waals surface area contributed by atoms with E-state index in [1.807, 2.05) is 28.8 Å². The molecule has 1 N–H and O–H groups in total. The summed E-state index contributed by atoms with van der Waals surface area (Å²) in [4.78, 5) is 16.6. The maximum Gasteiger partial charge on any atom is 0.251 e. The van der Waals surface area contributed by atoms with Crippen LogP contribution >= 0.6 is 0 Å². The van der Waals surface area contributed by atoms with Crippen LogP contribution in [0.5, 0.6) is 0 Å². The van der Waals surface area contributed by atoms with E-state index in [-0.39, 0.29) is 18.3 Å². The van der Waals surface area contributed by atoms with Crippen LogP contribution in [0.1, 0.15) is 16.2 Å². The van der Waals surface area contributed by atoms with Gasteiger partial charge in [0.25, 0.3) is 5.91 Å². The van der Waals surface area contributed by atoms with Crippen LogP contribution in [0.2, 0.25) is 0 Å². The topological polar surface area (TPSA) is 46.9 Å². The Morgan fingerprint density at radius 2 is 1.96 bits per heavy atom. The van der Waals surface area contributed by atoms with Crippen molar-refractivity contribution in [2.45, 2.75) is 13.1 Å². The molecule has 0 saturated heterocycles. The maximum atomic E-state index is 12.9. The Bertz CT molecular complexity index is 891. The number of nitrogens with zero attached hydrogens (tertiary/aromatic N) is 2. The quantitative estimate of drug-likeness (QED) is 0.753. The molecule has 23 heavy (non-hydrogen) atoms. The van der Waals surface area contributed by atoms with Gasteiger partial charge in [-0.3, -0.25) is 4.79 Å². The lowest BCUT2D eigenvalue weighted by molar-refractivity contribution is 0.0949. The summed E-state index contributed by atoms with van der Waals surface area (Å²) in [6, 6.07) is 13.0. The molecule has 114 valence electrons. The van der Waals surface area contributed by atoms with Gasteiger partial charge in [0.2, 0.25) is 0 Å². The molecule has 3 aromatic rings. The minimum Gasteiger partial charge on any atom is -0.345 e. The number of rotatable bonds is 4. The van der Waals surface area contributed by atoms with Gasteiger partial charge in [0, 0.05) is 5.56 Å². The summed E-state index contributed by atoms with van der Waals surface area (Å²) in [6.45, 7) is 0.620. The van der Waals surface area contributed by atoms with Gasteiger partial charge in [0.15, 0.2) is 0 Å². The molecule has 0 aliphatic heterocycles. The number of carbonyl (C=O) groups excluding carboxylic acids is 1. The van der Waals surface area contributed by atoms with Crippen molar-refractivity contribution in [3.05, 3.63) is 65.7 Å². The number of aromatic nitrogens is 2. The Hall–Kier alpha value is -3.13. The van der Waals surface area contributed by atoms with Gasteiger partial charge in [-0.25, -0.2) is 9.37 Å². The summed E-state index contributed by atoms with van der Waals surface area (Å²) >= 11 is 0. The fourth-order valence-corrected chi connectivity index (χ4v) is 2.39.